The van der Waals surface area contributed by atoms with E-state index in [1.807, 2.05) is 19.1 Å². The summed E-state index contributed by atoms with van der Waals surface area (Å²) in [5.74, 6) is 0. The molecule has 0 bridgehead atoms. The molecule has 0 aliphatic carbocycles. The number of allylic oxidation sites excluding steroid dienone is 5. The number of nitrogens with one attached hydrogen (secondary N) is 1. The number of nitrogens with zero attached hydrogens (tertiary/aromatic N) is 2. The topological polar surface area (TPSA) is 58.6 Å². The summed E-state index contributed by atoms with van der Waals surface area (Å²) in [6, 6.07) is 3.49. The van der Waals surface area contributed by atoms with Crippen LogP contribution >= 0.6 is 15.9 Å². The zero-order chi connectivity index (χ0) is 14.5. The first-order valence-corrected chi connectivity index (χ1v) is 6.89. The average molecular weight is 332 g/mol. The average Bonchev–Trinajstić information content (AvgIpc) is 2.42. The van der Waals surface area contributed by atoms with E-state index < -0.39 is 0 Å². The van der Waals surface area contributed by atoms with Crippen LogP contribution in [-0.2, 0) is 6.42 Å². The Morgan fingerprint density at radius 1 is 1.55 bits per heavy atom. The summed E-state index contributed by atoms with van der Waals surface area (Å²) in [4.78, 5) is 16.0. The van der Waals surface area contributed by atoms with Crippen LogP contribution in [0.2, 0.25) is 0 Å². The quantitative estimate of drug-likeness (QED) is 0.874. The molecule has 0 saturated carbocycles. The lowest BCUT2D eigenvalue weighted by Gasteiger charge is -2.05. The second-order valence-electron chi connectivity index (χ2n) is 4.28. The van der Waals surface area contributed by atoms with E-state index in [2.05, 4.69) is 37.7 Å². The van der Waals surface area contributed by atoms with Gasteiger partial charge in [-0.05, 0) is 35.2 Å². The van der Waals surface area contributed by atoms with E-state index in [9.17, 15) is 4.79 Å². The molecule has 5 heteroatoms. The van der Waals surface area contributed by atoms with Crippen molar-refractivity contribution in [2.75, 3.05) is 0 Å². The van der Waals surface area contributed by atoms with Gasteiger partial charge in [-0.25, -0.2) is 5.10 Å². The standard InChI is InChI=1S/C15H14BrN3O/c1-3-5-11(8-10(2)16)9-13-14-12(6-4-7-17-14)15(20)19-18-13/h3-8H,1,9H2,2H3,(H,19,20)/b10-8+,11-5+. The maximum absolute atomic E-state index is 11.7. The molecular weight excluding hydrogens is 318 g/mol. The zero-order valence-corrected chi connectivity index (χ0v) is 12.6. The van der Waals surface area contributed by atoms with Gasteiger partial charge in [0.2, 0.25) is 0 Å². The summed E-state index contributed by atoms with van der Waals surface area (Å²) >= 11 is 3.41. The van der Waals surface area contributed by atoms with Crippen molar-refractivity contribution in [3.8, 4) is 0 Å². The highest BCUT2D eigenvalue weighted by molar-refractivity contribution is 9.11. The fraction of sp³-hybridized carbons (Fsp3) is 0.133. The summed E-state index contributed by atoms with van der Waals surface area (Å²) in [6.45, 7) is 5.66. The molecule has 2 heterocycles. The van der Waals surface area contributed by atoms with Crippen LogP contribution < -0.4 is 5.56 Å². The largest absolute Gasteiger partial charge is 0.273 e. The number of rotatable bonds is 4. The van der Waals surface area contributed by atoms with E-state index in [1.54, 1.807) is 24.4 Å². The highest BCUT2D eigenvalue weighted by Crippen LogP contribution is 2.16. The first kappa shape index (κ1) is 14.4. The number of H-pyrrole nitrogens is 1. The van der Waals surface area contributed by atoms with Crippen molar-refractivity contribution in [2.45, 2.75) is 13.3 Å². The Hall–Kier alpha value is -2.01. The zero-order valence-electron chi connectivity index (χ0n) is 11.1. The van der Waals surface area contributed by atoms with Gasteiger partial charge in [0, 0.05) is 12.6 Å². The van der Waals surface area contributed by atoms with Crippen LogP contribution in [0.25, 0.3) is 10.9 Å². The smallest absolute Gasteiger partial charge is 0.267 e. The molecular formula is C15H14BrN3O. The first-order chi connectivity index (χ1) is 9.61. The highest BCUT2D eigenvalue weighted by Gasteiger charge is 2.08. The predicted octanol–water partition coefficient (Wildman–Crippen LogP) is 3.27. The van der Waals surface area contributed by atoms with Crippen molar-refractivity contribution in [2.24, 2.45) is 0 Å². The molecule has 20 heavy (non-hydrogen) atoms. The third kappa shape index (κ3) is 3.30. The molecule has 0 spiro atoms. The van der Waals surface area contributed by atoms with E-state index in [1.165, 1.54) is 0 Å². The van der Waals surface area contributed by atoms with Crippen molar-refractivity contribution < 1.29 is 0 Å². The summed E-state index contributed by atoms with van der Waals surface area (Å²) in [5, 5.41) is 7.18. The number of halogens is 1. The summed E-state index contributed by atoms with van der Waals surface area (Å²) < 4.78 is 1.01. The Labute approximate surface area is 125 Å². The summed E-state index contributed by atoms with van der Waals surface area (Å²) in [6.07, 6.45) is 7.85. The Kier molecular flexibility index (Phi) is 4.63. The molecule has 0 atom stereocenters. The van der Waals surface area contributed by atoms with E-state index in [0.29, 0.717) is 17.3 Å². The molecule has 0 saturated heterocycles. The maximum Gasteiger partial charge on any atom is 0.273 e. The Morgan fingerprint density at radius 2 is 2.35 bits per heavy atom. The van der Waals surface area contributed by atoms with Gasteiger partial charge < -0.3 is 0 Å². The first-order valence-electron chi connectivity index (χ1n) is 6.09. The predicted molar refractivity (Wildman–Crippen MR) is 84.8 cm³/mol. The fourth-order valence-corrected chi connectivity index (χ4v) is 2.23. The maximum atomic E-state index is 11.7. The molecule has 0 aliphatic heterocycles. The number of aromatic amines is 1. The number of hydrogen-bond donors (Lipinski definition) is 1. The van der Waals surface area contributed by atoms with E-state index in [0.717, 1.165) is 15.7 Å². The second-order valence-corrected chi connectivity index (χ2v) is 5.53. The third-order valence-electron chi connectivity index (χ3n) is 2.71. The molecule has 0 amide bonds. The van der Waals surface area contributed by atoms with E-state index >= 15 is 0 Å². The molecule has 4 nitrogen and oxygen atoms in total. The van der Waals surface area contributed by atoms with Crippen molar-refractivity contribution in [1.82, 2.24) is 15.2 Å². The Morgan fingerprint density at radius 3 is 3.05 bits per heavy atom. The van der Waals surface area contributed by atoms with Gasteiger partial charge in [0.25, 0.3) is 5.56 Å². The molecule has 0 aliphatic rings. The Bertz CT molecular complexity index is 755. The SMILES string of the molecule is C=C/C=C(\C=C(/C)Br)Cc1n[nH]c(=O)c2cccnc12. The van der Waals surface area contributed by atoms with Gasteiger partial charge in [0.05, 0.1) is 16.6 Å². The molecule has 2 aromatic rings. The van der Waals surface area contributed by atoms with Crippen LogP contribution in [0, 0.1) is 0 Å². The minimum absolute atomic E-state index is 0.224. The normalized spacial score (nSPS) is 12.7. The van der Waals surface area contributed by atoms with Gasteiger partial charge in [-0.1, -0.05) is 34.7 Å². The molecule has 2 rings (SSSR count). The summed E-state index contributed by atoms with van der Waals surface area (Å²) in [7, 11) is 0. The lowest BCUT2D eigenvalue weighted by molar-refractivity contribution is 0.927. The third-order valence-corrected chi connectivity index (χ3v) is 2.93. The van der Waals surface area contributed by atoms with Gasteiger partial charge in [0.15, 0.2) is 0 Å². The molecule has 0 fully saturated rings. The van der Waals surface area contributed by atoms with Crippen molar-refractivity contribution >= 4 is 26.8 Å². The minimum Gasteiger partial charge on any atom is -0.267 e. The van der Waals surface area contributed by atoms with Gasteiger partial charge >= 0.3 is 0 Å². The minimum atomic E-state index is -0.224. The van der Waals surface area contributed by atoms with Crippen molar-refractivity contribution in [1.29, 1.82) is 0 Å². The molecule has 0 radical (unpaired) electrons. The molecule has 0 aromatic carbocycles. The second kappa shape index (κ2) is 6.43. The molecule has 1 N–H and O–H groups in total. The van der Waals surface area contributed by atoms with Crippen LogP contribution in [0.5, 0.6) is 0 Å². The van der Waals surface area contributed by atoms with Gasteiger partial charge in [0.1, 0.15) is 0 Å². The highest BCUT2D eigenvalue weighted by atomic mass is 79.9. The number of aromatic nitrogens is 3. The van der Waals surface area contributed by atoms with Crippen LogP contribution in [0.1, 0.15) is 12.6 Å². The lowest BCUT2D eigenvalue weighted by Crippen LogP contribution is -2.12. The van der Waals surface area contributed by atoms with Crippen LogP contribution in [-0.4, -0.2) is 15.2 Å². The monoisotopic (exact) mass is 331 g/mol. The fourth-order valence-electron chi connectivity index (χ4n) is 1.93. The van der Waals surface area contributed by atoms with Crippen molar-refractivity contribution in [3.63, 3.8) is 0 Å². The van der Waals surface area contributed by atoms with Gasteiger partial charge in [-0.3, -0.25) is 9.78 Å². The van der Waals surface area contributed by atoms with Crippen LogP contribution in [0.3, 0.4) is 0 Å². The van der Waals surface area contributed by atoms with E-state index in [4.69, 9.17) is 0 Å². The lowest BCUT2D eigenvalue weighted by atomic mass is 10.1. The van der Waals surface area contributed by atoms with Gasteiger partial charge in [-0.15, -0.1) is 0 Å². The van der Waals surface area contributed by atoms with Gasteiger partial charge in [-0.2, -0.15) is 5.10 Å². The molecule has 102 valence electrons. The number of pyridine rings is 1. The van der Waals surface area contributed by atoms with E-state index in [-0.39, 0.29) is 5.56 Å². The Balaban J connectivity index is 2.51. The number of fused-ring (bicyclic) bond motifs is 1. The molecule has 2 aromatic heterocycles. The summed E-state index contributed by atoms with van der Waals surface area (Å²) in [5.41, 5.74) is 2.17. The molecule has 0 unspecified atom stereocenters. The van der Waals surface area contributed by atoms with Crippen LogP contribution in [0.15, 0.2) is 58.0 Å². The number of hydrogen-bond acceptors (Lipinski definition) is 3. The van der Waals surface area contributed by atoms with Crippen LogP contribution in [0.4, 0.5) is 0 Å². The van der Waals surface area contributed by atoms with Crippen molar-refractivity contribution in [3.05, 3.63) is 69.2 Å².